The van der Waals surface area contributed by atoms with Crippen LogP contribution in [0, 0.1) is 11.8 Å². The molecule has 3 N–H and O–H groups in total. The van der Waals surface area contributed by atoms with Crippen LogP contribution in [0.15, 0.2) is 0 Å². The van der Waals surface area contributed by atoms with E-state index in [0.29, 0.717) is 17.9 Å². The second-order valence-corrected chi connectivity index (χ2v) is 7.66. The van der Waals surface area contributed by atoms with Crippen molar-refractivity contribution in [3.8, 4) is 0 Å². The van der Waals surface area contributed by atoms with Gasteiger partial charge in [0.25, 0.3) is 0 Å². The Hall–Kier alpha value is -0.0300. The molecule has 0 bridgehead atoms. The Morgan fingerprint density at radius 3 is 1.75 bits per heavy atom. The van der Waals surface area contributed by atoms with E-state index in [4.69, 9.17) is 0 Å². The maximum Gasteiger partial charge on any atom is 0.324 e. The Morgan fingerprint density at radius 2 is 1.29 bits per heavy atom. The number of halogens is 2. The van der Waals surface area contributed by atoms with Crippen LogP contribution < -0.4 is 10.6 Å². The van der Waals surface area contributed by atoms with Crippen molar-refractivity contribution < 1.29 is 9.90 Å². The molecule has 4 nitrogen and oxygen atoms in total. The highest BCUT2D eigenvalue weighted by Crippen LogP contribution is 2.44. The van der Waals surface area contributed by atoms with Gasteiger partial charge in [0.1, 0.15) is 5.54 Å². The van der Waals surface area contributed by atoms with Gasteiger partial charge < -0.3 is 10.4 Å². The zero-order valence-electron chi connectivity index (χ0n) is 14.6. The van der Waals surface area contributed by atoms with Crippen molar-refractivity contribution in [1.82, 2.24) is 10.6 Å². The average Bonchev–Trinajstić information content (AvgIpc) is 3.09. The van der Waals surface area contributed by atoms with E-state index in [0.717, 1.165) is 51.6 Å². The minimum Gasteiger partial charge on any atom is -0.480 e. The van der Waals surface area contributed by atoms with E-state index >= 15 is 0 Å². The lowest BCUT2D eigenvalue weighted by atomic mass is 9.66. The van der Waals surface area contributed by atoms with Crippen LogP contribution in [0.5, 0.6) is 0 Å². The number of rotatable bonds is 5. The highest BCUT2D eigenvalue weighted by atomic mass is 35.5. The highest BCUT2D eigenvalue weighted by Gasteiger charge is 2.52. The largest absolute Gasteiger partial charge is 0.480 e. The Labute approximate surface area is 158 Å². The van der Waals surface area contributed by atoms with Gasteiger partial charge in [-0.2, -0.15) is 0 Å². The fourth-order valence-electron chi connectivity index (χ4n) is 5.22. The highest BCUT2D eigenvalue weighted by molar-refractivity contribution is 5.85. The number of hydrogen-bond acceptors (Lipinski definition) is 3. The predicted molar refractivity (Wildman–Crippen MR) is 102 cm³/mol. The molecule has 1 atom stereocenters. The molecule has 1 aliphatic heterocycles. The molecule has 2 aliphatic carbocycles. The zero-order valence-corrected chi connectivity index (χ0v) is 16.2. The van der Waals surface area contributed by atoms with Crippen molar-refractivity contribution in [1.29, 1.82) is 0 Å². The van der Waals surface area contributed by atoms with E-state index < -0.39 is 11.5 Å². The number of nitrogens with one attached hydrogen (secondary N) is 2. The molecule has 0 aromatic carbocycles. The minimum absolute atomic E-state index is 0. The van der Waals surface area contributed by atoms with E-state index in [1.165, 1.54) is 32.1 Å². The summed E-state index contributed by atoms with van der Waals surface area (Å²) in [5.74, 6) is 0.101. The molecule has 0 aromatic rings. The van der Waals surface area contributed by atoms with Gasteiger partial charge in [0.15, 0.2) is 0 Å². The number of carbonyl (C=O) groups is 1. The minimum atomic E-state index is -0.654. The molecule has 1 saturated heterocycles. The summed E-state index contributed by atoms with van der Waals surface area (Å²) in [6, 6.07) is 0.375. The molecule has 0 unspecified atom stereocenters. The third-order valence-corrected chi connectivity index (χ3v) is 6.38. The molecule has 0 radical (unpaired) electrons. The van der Waals surface area contributed by atoms with E-state index in [-0.39, 0.29) is 24.8 Å². The molecular weight excluding hydrogens is 347 g/mol. The van der Waals surface area contributed by atoms with Crippen LogP contribution in [0.2, 0.25) is 0 Å². The van der Waals surface area contributed by atoms with Crippen molar-refractivity contribution in [3.05, 3.63) is 0 Å². The van der Waals surface area contributed by atoms with Gasteiger partial charge in [0.05, 0.1) is 0 Å². The summed E-state index contributed by atoms with van der Waals surface area (Å²) in [4.78, 5) is 12.5. The number of carboxylic acid groups (broad SMARTS) is 1. The fourth-order valence-corrected chi connectivity index (χ4v) is 5.22. The molecule has 1 heterocycles. The van der Waals surface area contributed by atoms with E-state index in [1.54, 1.807) is 0 Å². The lowest BCUT2D eigenvalue weighted by Gasteiger charge is -2.47. The summed E-state index contributed by atoms with van der Waals surface area (Å²) in [5.41, 5.74) is -0.654. The number of carboxylic acids is 1. The number of hydrogen-bond donors (Lipinski definition) is 3. The second-order valence-electron chi connectivity index (χ2n) is 7.66. The third-order valence-electron chi connectivity index (χ3n) is 6.38. The Bertz CT molecular complexity index is 379. The van der Waals surface area contributed by atoms with Crippen LogP contribution in [0.25, 0.3) is 0 Å². The maximum absolute atomic E-state index is 12.5. The summed E-state index contributed by atoms with van der Waals surface area (Å²) >= 11 is 0. The van der Waals surface area contributed by atoms with Crippen LogP contribution in [-0.2, 0) is 4.79 Å². The van der Waals surface area contributed by atoms with E-state index in [2.05, 4.69) is 10.6 Å². The molecule has 3 aliphatic rings. The van der Waals surface area contributed by atoms with Gasteiger partial charge in [0, 0.05) is 6.04 Å². The molecule has 0 amide bonds. The third kappa shape index (κ3) is 4.57. The molecule has 0 spiro atoms. The summed E-state index contributed by atoms with van der Waals surface area (Å²) in [5, 5.41) is 17.4. The van der Waals surface area contributed by atoms with Gasteiger partial charge in [-0.05, 0) is 63.5 Å². The summed E-state index contributed by atoms with van der Waals surface area (Å²) in [6.07, 6.45) is 12.6. The standard InChI is InChI=1S/C18H32N2O2.2ClH/c21-17(22)18(15-8-4-5-9-15,14-6-2-1-3-7-14)20-16-10-12-19-13-11-16;;/h14-16,19-20H,1-13H2,(H,21,22);2*1H/t18-;;/m1../s1. The first-order valence-electron chi connectivity index (χ1n) is 9.45. The van der Waals surface area contributed by atoms with Gasteiger partial charge in [-0.1, -0.05) is 32.1 Å². The Kier molecular flexibility index (Phi) is 9.35. The Morgan fingerprint density at radius 1 is 0.833 bits per heavy atom. The molecule has 0 aromatic heterocycles. The lowest BCUT2D eigenvalue weighted by molar-refractivity contribution is -0.152. The maximum atomic E-state index is 12.5. The Balaban J connectivity index is 0.00000144. The average molecular weight is 381 g/mol. The molecule has 142 valence electrons. The molecule has 24 heavy (non-hydrogen) atoms. The fraction of sp³-hybridized carbons (Fsp3) is 0.944. The lowest BCUT2D eigenvalue weighted by Crippen LogP contribution is -2.65. The van der Waals surface area contributed by atoms with Gasteiger partial charge >= 0.3 is 5.97 Å². The summed E-state index contributed by atoms with van der Waals surface area (Å²) < 4.78 is 0. The summed E-state index contributed by atoms with van der Waals surface area (Å²) in [6.45, 7) is 2.03. The van der Waals surface area contributed by atoms with Gasteiger partial charge in [0.2, 0.25) is 0 Å². The number of piperidine rings is 1. The van der Waals surface area contributed by atoms with Crippen LogP contribution in [0.4, 0.5) is 0 Å². The van der Waals surface area contributed by atoms with Gasteiger partial charge in [-0.3, -0.25) is 10.1 Å². The van der Waals surface area contributed by atoms with Crippen LogP contribution in [-0.4, -0.2) is 35.7 Å². The zero-order chi connectivity index (χ0) is 15.4. The van der Waals surface area contributed by atoms with Gasteiger partial charge in [-0.15, -0.1) is 24.8 Å². The first-order chi connectivity index (χ1) is 10.7. The monoisotopic (exact) mass is 380 g/mol. The van der Waals surface area contributed by atoms with Crippen molar-refractivity contribution in [2.45, 2.75) is 82.2 Å². The van der Waals surface area contributed by atoms with E-state index in [1.807, 2.05) is 0 Å². The molecular formula is C18H34Cl2N2O2. The first-order valence-corrected chi connectivity index (χ1v) is 9.45. The molecule has 2 saturated carbocycles. The molecule has 3 fully saturated rings. The SMILES string of the molecule is Cl.Cl.O=C(O)[C@@](NC1CCNCC1)(C1CCCCC1)C1CCCC1. The summed E-state index contributed by atoms with van der Waals surface area (Å²) in [7, 11) is 0. The van der Waals surface area contributed by atoms with E-state index in [9.17, 15) is 9.90 Å². The first kappa shape index (κ1) is 22.0. The molecule has 3 rings (SSSR count). The van der Waals surface area contributed by atoms with Crippen molar-refractivity contribution in [3.63, 3.8) is 0 Å². The van der Waals surface area contributed by atoms with Crippen molar-refractivity contribution in [2.75, 3.05) is 13.1 Å². The van der Waals surface area contributed by atoms with Gasteiger partial charge in [-0.25, -0.2) is 0 Å². The topological polar surface area (TPSA) is 61.4 Å². The quantitative estimate of drug-likeness (QED) is 0.679. The van der Waals surface area contributed by atoms with Crippen LogP contribution >= 0.6 is 24.8 Å². The van der Waals surface area contributed by atoms with Crippen LogP contribution in [0.1, 0.15) is 70.6 Å². The van der Waals surface area contributed by atoms with Crippen molar-refractivity contribution >= 4 is 30.8 Å². The smallest absolute Gasteiger partial charge is 0.324 e. The molecule has 6 heteroatoms. The second kappa shape index (κ2) is 10.2. The number of aliphatic carboxylic acids is 1. The van der Waals surface area contributed by atoms with Crippen molar-refractivity contribution in [2.24, 2.45) is 11.8 Å². The van der Waals surface area contributed by atoms with Crippen LogP contribution in [0.3, 0.4) is 0 Å². The normalized spacial score (nSPS) is 26.2. The predicted octanol–water partition coefficient (Wildman–Crippen LogP) is 3.77.